The van der Waals surface area contributed by atoms with Crippen LogP contribution in [0.2, 0.25) is 0 Å². The van der Waals surface area contributed by atoms with Crippen molar-refractivity contribution in [3.8, 4) is 11.8 Å². The molecule has 20 heavy (non-hydrogen) atoms. The highest BCUT2D eigenvalue weighted by Gasteiger charge is 2.11. The zero-order chi connectivity index (χ0) is 14.4. The van der Waals surface area contributed by atoms with E-state index in [1.165, 1.54) is 23.3 Å². The summed E-state index contributed by atoms with van der Waals surface area (Å²) in [6.07, 6.45) is 3.54. The van der Waals surface area contributed by atoms with E-state index >= 15 is 0 Å². The second kappa shape index (κ2) is 6.93. The van der Waals surface area contributed by atoms with Gasteiger partial charge in [0.05, 0.1) is 13.3 Å². The minimum Gasteiger partial charge on any atom is -0.496 e. The van der Waals surface area contributed by atoms with Crippen molar-refractivity contribution in [1.29, 1.82) is 5.26 Å². The number of hydrogen-bond acceptors (Lipinski definition) is 7. The van der Waals surface area contributed by atoms with Crippen LogP contribution in [0.25, 0.3) is 0 Å². The third-order valence-electron chi connectivity index (χ3n) is 2.47. The first-order valence-electron chi connectivity index (χ1n) is 5.66. The van der Waals surface area contributed by atoms with Gasteiger partial charge < -0.3 is 4.74 Å². The molecule has 7 heteroatoms. The SMILES string of the molecule is COc1ccccc1/C=N\Nc1snc(SC)c1C#N. The normalized spacial score (nSPS) is 10.4. The predicted molar refractivity (Wildman–Crippen MR) is 82.8 cm³/mol. The van der Waals surface area contributed by atoms with E-state index in [1.54, 1.807) is 13.3 Å². The van der Waals surface area contributed by atoms with E-state index in [0.29, 0.717) is 15.6 Å². The fourth-order valence-corrected chi connectivity index (χ4v) is 2.94. The summed E-state index contributed by atoms with van der Waals surface area (Å²) in [5.74, 6) is 0.743. The van der Waals surface area contributed by atoms with Crippen LogP contribution in [0.3, 0.4) is 0 Å². The lowest BCUT2D eigenvalue weighted by atomic mass is 10.2. The number of hydrogen-bond donors (Lipinski definition) is 1. The van der Waals surface area contributed by atoms with E-state index in [9.17, 15) is 0 Å². The average molecular weight is 304 g/mol. The number of ether oxygens (including phenoxy) is 1. The summed E-state index contributed by atoms with van der Waals surface area (Å²) >= 11 is 2.66. The molecule has 1 aromatic heterocycles. The molecule has 102 valence electrons. The van der Waals surface area contributed by atoms with E-state index in [4.69, 9.17) is 10.00 Å². The van der Waals surface area contributed by atoms with Gasteiger partial charge in [-0.05, 0) is 29.9 Å². The molecular weight excluding hydrogens is 292 g/mol. The lowest BCUT2D eigenvalue weighted by Gasteiger charge is -2.02. The van der Waals surface area contributed by atoms with E-state index in [2.05, 4.69) is 21.0 Å². The van der Waals surface area contributed by atoms with Crippen molar-refractivity contribution in [2.75, 3.05) is 18.8 Å². The molecule has 0 aliphatic heterocycles. The molecule has 0 saturated heterocycles. The number of aromatic nitrogens is 1. The summed E-state index contributed by atoms with van der Waals surface area (Å²) in [5.41, 5.74) is 4.24. The number of rotatable bonds is 5. The molecule has 0 spiro atoms. The Morgan fingerprint density at radius 3 is 3.00 bits per heavy atom. The first-order valence-corrected chi connectivity index (χ1v) is 7.65. The van der Waals surface area contributed by atoms with Crippen molar-refractivity contribution in [2.45, 2.75) is 5.03 Å². The molecule has 5 nitrogen and oxygen atoms in total. The summed E-state index contributed by atoms with van der Waals surface area (Å²) < 4.78 is 9.42. The van der Waals surface area contributed by atoms with Gasteiger partial charge in [0.25, 0.3) is 0 Å². The maximum atomic E-state index is 9.11. The zero-order valence-corrected chi connectivity index (χ0v) is 12.6. The Labute approximate surface area is 125 Å². The highest BCUT2D eigenvalue weighted by Crippen LogP contribution is 2.29. The van der Waals surface area contributed by atoms with Gasteiger partial charge in [-0.25, -0.2) is 0 Å². The molecule has 0 saturated carbocycles. The van der Waals surface area contributed by atoms with Crippen LogP contribution in [0.1, 0.15) is 11.1 Å². The quantitative estimate of drug-likeness (QED) is 0.522. The van der Waals surface area contributed by atoms with Gasteiger partial charge in [0.2, 0.25) is 0 Å². The van der Waals surface area contributed by atoms with Gasteiger partial charge in [0.1, 0.15) is 27.4 Å². The van der Waals surface area contributed by atoms with E-state index in [1.807, 2.05) is 30.5 Å². The van der Waals surface area contributed by atoms with Crippen molar-refractivity contribution in [3.05, 3.63) is 35.4 Å². The number of anilines is 1. The Bertz CT molecular complexity index is 661. The summed E-state index contributed by atoms with van der Waals surface area (Å²) in [6, 6.07) is 9.69. The van der Waals surface area contributed by atoms with Crippen LogP contribution in [0, 0.1) is 11.3 Å². The lowest BCUT2D eigenvalue weighted by molar-refractivity contribution is 0.414. The molecule has 0 unspecified atom stereocenters. The van der Waals surface area contributed by atoms with E-state index < -0.39 is 0 Å². The molecule has 2 rings (SSSR count). The van der Waals surface area contributed by atoms with Crippen LogP contribution in [0.5, 0.6) is 5.75 Å². The van der Waals surface area contributed by atoms with Crippen LogP contribution in [0.4, 0.5) is 5.00 Å². The average Bonchev–Trinajstić information content (AvgIpc) is 2.89. The number of thioether (sulfide) groups is 1. The number of nitrogens with zero attached hydrogens (tertiary/aromatic N) is 3. The fraction of sp³-hybridized carbons (Fsp3) is 0.154. The van der Waals surface area contributed by atoms with Gasteiger partial charge in [0.15, 0.2) is 0 Å². The summed E-state index contributed by atoms with van der Waals surface area (Å²) in [6.45, 7) is 0. The van der Waals surface area contributed by atoms with Crippen LogP contribution < -0.4 is 10.2 Å². The molecule has 1 heterocycles. The van der Waals surface area contributed by atoms with E-state index in [-0.39, 0.29) is 0 Å². The number of methoxy groups -OCH3 is 1. The topological polar surface area (TPSA) is 70.3 Å². The molecule has 0 aliphatic carbocycles. The molecule has 0 radical (unpaired) electrons. The summed E-state index contributed by atoms with van der Waals surface area (Å²) in [7, 11) is 1.61. The third kappa shape index (κ3) is 3.10. The number of hydrazone groups is 1. The maximum absolute atomic E-state index is 9.11. The Kier molecular flexibility index (Phi) is 4.98. The summed E-state index contributed by atoms with van der Waals surface area (Å²) in [4.78, 5) is 0. The molecule has 0 atom stereocenters. The van der Waals surface area contributed by atoms with Gasteiger partial charge in [-0.15, -0.1) is 11.8 Å². The first kappa shape index (κ1) is 14.4. The Hall–Kier alpha value is -2.04. The van der Waals surface area contributed by atoms with Gasteiger partial charge >= 0.3 is 0 Å². The Morgan fingerprint density at radius 1 is 1.50 bits per heavy atom. The molecular formula is C13H12N4OS2. The first-order chi connectivity index (χ1) is 9.80. The van der Waals surface area contributed by atoms with Gasteiger partial charge in [-0.2, -0.15) is 14.7 Å². The van der Waals surface area contributed by atoms with Crippen molar-refractivity contribution in [1.82, 2.24) is 4.37 Å². The number of nitrogens with one attached hydrogen (secondary N) is 1. The fourth-order valence-electron chi connectivity index (χ4n) is 1.52. The van der Waals surface area contributed by atoms with Crippen molar-refractivity contribution in [3.63, 3.8) is 0 Å². The second-order valence-corrected chi connectivity index (χ2v) is 5.19. The maximum Gasteiger partial charge on any atom is 0.148 e. The van der Waals surface area contributed by atoms with Crippen LogP contribution >= 0.6 is 23.3 Å². The van der Waals surface area contributed by atoms with Crippen LogP contribution in [0.15, 0.2) is 34.4 Å². The third-order valence-corrected chi connectivity index (χ3v) is 4.02. The zero-order valence-electron chi connectivity index (χ0n) is 11.0. The summed E-state index contributed by atoms with van der Waals surface area (Å²) in [5, 5.41) is 14.6. The monoisotopic (exact) mass is 304 g/mol. The largest absolute Gasteiger partial charge is 0.496 e. The molecule has 0 amide bonds. The number of benzene rings is 1. The van der Waals surface area contributed by atoms with Crippen LogP contribution in [-0.4, -0.2) is 24.0 Å². The van der Waals surface area contributed by atoms with Crippen molar-refractivity contribution in [2.24, 2.45) is 5.10 Å². The second-order valence-electron chi connectivity index (χ2n) is 3.62. The molecule has 1 aromatic carbocycles. The Morgan fingerprint density at radius 2 is 2.30 bits per heavy atom. The number of nitriles is 1. The molecule has 0 fully saturated rings. The van der Waals surface area contributed by atoms with E-state index in [0.717, 1.165) is 11.3 Å². The Balaban J connectivity index is 2.15. The lowest BCUT2D eigenvalue weighted by Crippen LogP contribution is -1.93. The predicted octanol–water partition coefficient (Wildman–Crippen LogP) is 3.19. The van der Waals surface area contributed by atoms with Gasteiger partial charge in [0, 0.05) is 5.56 Å². The van der Waals surface area contributed by atoms with Crippen molar-refractivity contribution >= 4 is 34.5 Å². The highest BCUT2D eigenvalue weighted by molar-refractivity contribution is 7.98. The van der Waals surface area contributed by atoms with Crippen molar-refractivity contribution < 1.29 is 4.74 Å². The standard InChI is InChI=1S/C13H12N4OS2/c1-18-11-6-4-3-5-9(11)8-15-16-12-10(7-14)13(19-2)17-20-12/h3-6,8,16H,1-2H3/b15-8-. The van der Waals surface area contributed by atoms with Gasteiger partial charge in [-0.1, -0.05) is 12.1 Å². The highest BCUT2D eigenvalue weighted by atomic mass is 32.2. The van der Waals surface area contributed by atoms with Crippen LogP contribution in [-0.2, 0) is 0 Å². The minimum absolute atomic E-state index is 0.527. The number of para-hydroxylation sites is 1. The molecule has 0 bridgehead atoms. The minimum atomic E-state index is 0.527. The smallest absolute Gasteiger partial charge is 0.148 e. The molecule has 1 N–H and O–H groups in total. The van der Waals surface area contributed by atoms with Gasteiger partial charge in [-0.3, -0.25) is 5.43 Å². The molecule has 2 aromatic rings. The molecule has 0 aliphatic rings.